The van der Waals surface area contributed by atoms with Crippen molar-refractivity contribution in [1.82, 2.24) is 14.9 Å². The molecular weight excluding hydrogens is 424 g/mol. The summed E-state index contributed by atoms with van der Waals surface area (Å²) in [6, 6.07) is 20.4. The Kier molecular flexibility index (Phi) is 6.23. The molecule has 6 nitrogen and oxygen atoms in total. The number of fused-ring (bicyclic) bond motifs is 1. The molecule has 0 radical (unpaired) electrons. The number of anilines is 1. The minimum Gasteiger partial charge on any atom is -0.345 e. The standard InChI is InChI=1S/C25H23ClN4O2/c1-16-11-12-17(2)21(13-16)29-24(31)15-30-22-10-6-5-9-20(22)28-23(30)14-27-25(32)18-7-3-4-8-19(18)26/h3-13H,14-15H2,1-2H3,(H,27,32)(H,29,31). The van der Waals surface area contributed by atoms with E-state index in [2.05, 4.69) is 15.6 Å². The van der Waals surface area contributed by atoms with Gasteiger partial charge in [-0.3, -0.25) is 9.59 Å². The average molecular weight is 447 g/mol. The number of hydrogen-bond acceptors (Lipinski definition) is 3. The summed E-state index contributed by atoms with van der Waals surface area (Å²) in [5.74, 6) is 0.122. The number of halogens is 1. The van der Waals surface area contributed by atoms with Crippen LogP contribution in [-0.2, 0) is 17.9 Å². The third kappa shape index (κ3) is 4.65. The second-order valence-electron chi connectivity index (χ2n) is 7.63. The number of carbonyl (C=O) groups excluding carboxylic acids is 2. The van der Waals surface area contributed by atoms with Gasteiger partial charge in [-0.25, -0.2) is 4.98 Å². The molecule has 1 heterocycles. The van der Waals surface area contributed by atoms with Crippen molar-refractivity contribution in [2.24, 2.45) is 0 Å². The SMILES string of the molecule is Cc1ccc(C)c(NC(=O)Cn2c(CNC(=O)c3ccccc3Cl)nc3ccccc32)c1. The van der Waals surface area contributed by atoms with E-state index in [1.54, 1.807) is 24.3 Å². The van der Waals surface area contributed by atoms with Crippen molar-refractivity contribution in [3.63, 3.8) is 0 Å². The highest BCUT2D eigenvalue weighted by atomic mass is 35.5. The van der Waals surface area contributed by atoms with E-state index < -0.39 is 0 Å². The number of aromatic nitrogens is 2. The van der Waals surface area contributed by atoms with Crippen molar-refractivity contribution in [3.8, 4) is 0 Å². The van der Waals surface area contributed by atoms with Crippen LogP contribution < -0.4 is 10.6 Å². The maximum atomic E-state index is 12.9. The first-order valence-corrected chi connectivity index (χ1v) is 10.6. The van der Waals surface area contributed by atoms with Gasteiger partial charge < -0.3 is 15.2 Å². The predicted molar refractivity (Wildman–Crippen MR) is 127 cm³/mol. The van der Waals surface area contributed by atoms with E-state index in [1.165, 1.54) is 0 Å². The number of benzene rings is 3. The molecule has 0 spiro atoms. The van der Waals surface area contributed by atoms with E-state index in [0.29, 0.717) is 16.4 Å². The van der Waals surface area contributed by atoms with Crippen molar-refractivity contribution in [2.45, 2.75) is 26.9 Å². The lowest BCUT2D eigenvalue weighted by Gasteiger charge is -2.13. The molecule has 0 fully saturated rings. The molecule has 162 valence electrons. The lowest BCUT2D eigenvalue weighted by Crippen LogP contribution is -2.27. The second kappa shape index (κ2) is 9.24. The Labute approximate surface area is 191 Å². The van der Waals surface area contributed by atoms with Gasteiger partial charge >= 0.3 is 0 Å². The maximum absolute atomic E-state index is 12.9. The van der Waals surface area contributed by atoms with Crippen LogP contribution in [0.15, 0.2) is 66.7 Å². The molecule has 0 unspecified atom stereocenters. The van der Waals surface area contributed by atoms with Gasteiger partial charge in [-0.05, 0) is 55.3 Å². The quantitative estimate of drug-likeness (QED) is 0.443. The number of hydrogen-bond donors (Lipinski definition) is 2. The number of para-hydroxylation sites is 2. The Bertz CT molecular complexity index is 1310. The van der Waals surface area contributed by atoms with Gasteiger partial charge in [-0.2, -0.15) is 0 Å². The zero-order valence-corrected chi connectivity index (χ0v) is 18.6. The molecule has 7 heteroatoms. The first kappa shape index (κ1) is 21.6. The second-order valence-corrected chi connectivity index (χ2v) is 8.04. The summed E-state index contributed by atoms with van der Waals surface area (Å²) < 4.78 is 1.82. The molecule has 0 aliphatic heterocycles. The molecule has 4 aromatic rings. The van der Waals surface area contributed by atoms with E-state index >= 15 is 0 Å². The average Bonchev–Trinajstić information content (AvgIpc) is 3.12. The number of imidazole rings is 1. The van der Waals surface area contributed by atoms with Crippen molar-refractivity contribution in [3.05, 3.63) is 94.3 Å². The van der Waals surface area contributed by atoms with Crippen LogP contribution in [-0.4, -0.2) is 21.4 Å². The third-order valence-electron chi connectivity index (χ3n) is 5.23. The van der Waals surface area contributed by atoms with Crippen LogP contribution in [0, 0.1) is 13.8 Å². The van der Waals surface area contributed by atoms with E-state index in [0.717, 1.165) is 27.8 Å². The van der Waals surface area contributed by atoms with Gasteiger partial charge in [0.15, 0.2) is 0 Å². The fourth-order valence-electron chi connectivity index (χ4n) is 3.54. The largest absolute Gasteiger partial charge is 0.345 e. The molecule has 1 aromatic heterocycles. The summed E-state index contributed by atoms with van der Waals surface area (Å²) in [4.78, 5) is 30.1. The minimum atomic E-state index is -0.297. The van der Waals surface area contributed by atoms with Gasteiger partial charge in [-0.1, -0.05) is 48.0 Å². The first-order valence-electron chi connectivity index (χ1n) is 10.3. The van der Waals surface area contributed by atoms with Gasteiger partial charge in [0.25, 0.3) is 5.91 Å². The van der Waals surface area contributed by atoms with Crippen LogP contribution >= 0.6 is 11.6 Å². The summed E-state index contributed by atoms with van der Waals surface area (Å²) in [6.45, 7) is 4.18. The van der Waals surface area contributed by atoms with Gasteiger partial charge in [0.1, 0.15) is 12.4 Å². The van der Waals surface area contributed by atoms with Gasteiger partial charge in [0, 0.05) is 5.69 Å². The monoisotopic (exact) mass is 446 g/mol. The van der Waals surface area contributed by atoms with Crippen LogP contribution in [0.2, 0.25) is 5.02 Å². The highest BCUT2D eigenvalue weighted by molar-refractivity contribution is 6.33. The van der Waals surface area contributed by atoms with Crippen LogP contribution in [0.5, 0.6) is 0 Å². The van der Waals surface area contributed by atoms with E-state index in [-0.39, 0.29) is 24.9 Å². The van der Waals surface area contributed by atoms with Crippen molar-refractivity contribution in [2.75, 3.05) is 5.32 Å². The summed E-state index contributed by atoms with van der Waals surface area (Å²) in [5, 5.41) is 6.23. The van der Waals surface area contributed by atoms with E-state index in [4.69, 9.17) is 11.6 Å². The number of nitrogens with zero attached hydrogens (tertiary/aromatic N) is 2. The maximum Gasteiger partial charge on any atom is 0.253 e. The molecule has 0 bridgehead atoms. The molecule has 0 saturated heterocycles. The molecule has 32 heavy (non-hydrogen) atoms. The van der Waals surface area contributed by atoms with E-state index in [1.807, 2.05) is 60.9 Å². The van der Waals surface area contributed by atoms with Crippen molar-refractivity contribution >= 4 is 40.1 Å². The van der Waals surface area contributed by atoms with Crippen LogP contribution in [0.1, 0.15) is 27.3 Å². The Morgan fingerprint density at radius 2 is 1.75 bits per heavy atom. The Morgan fingerprint density at radius 1 is 1.00 bits per heavy atom. The topological polar surface area (TPSA) is 76.0 Å². The molecule has 0 aliphatic carbocycles. The lowest BCUT2D eigenvalue weighted by atomic mass is 10.1. The summed E-state index contributed by atoms with van der Waals surface area (Å²) in [5.41, 5.74) is 4.82. The smallest absolute Gasteiger partial charge is 0.253 e. The predicted octanol–water partition coefficient (Wildman–Crippen LogP) is 4.88. The number of nitrogens with one attached hydrogen (secondary N) is 2. The normalized spacial score (nSPS) is 10.8. The highest BCUT2D eigenvalue weighted by Gasteiger charge is 2.16. The van der Waals surface area contributed by atoms with Crippen LogP contribution in [0.3, 0.4) is 0 Å². The molecule has 0 atom stereocenters. The van der Waals surface area contributed by atoms with Crippen molar-refractivity contribution < 1.29 is 9.59 Å². The number of rotatable bonds is 6. The fraction of sp³-hybridized carbons (Fsp3) is 0.160. The summed E-state index contributed by atoms with van der Waals surface area (Å²) in [7, 11) is 0. The fourth-order valence-corrected chi connectivity index (χ4v) is 3.76. The Hall–Kier alpha value is -3.64. The van der Waals surface area contributed by atoms with Gasteiger partial charge in [0.2, 0.25) is 5.91 Å². The third-order valence-corrected chi connectivity index (χ3v) is 5.56. The molecule has 3 aromatic carbocycles. The lowest BCUT2D eigenvalue weighted by molar-refractivity contribution is -0.116. The Morgan fingerprint density at radius 3 is 2.56 bits per heavy atom. The van der Waals surface area contributed by atoms with Crippen LogP contribution in [0.25, 0.3) is 11.0 Å². The molecule has 2 amide bonds. The zero-order chi connectivity index (χ0) is 22.7. The van der Waals surface area contributed by atoms with Gasteiger partial charge in [0.05, 0.1) is 28.2 Å². The van der Waals surface area contributed by atoms with Crippen molar-refractivity contribution in [1.29, 1.82) is 0 Å². The molecule has 2 N–H and O–H groups in total. The van der Waals surface area contributed by atoms with E-state index in [9.17, 15) is 9.59 Å². The molecule has 0 saturated carbocycles. The number of amides is 2. The zero-order valence-electron chi connectivity index (χ0n) is 17.9. The molecule has 0 aliphatic rings. The number of carbonyl (C=O) groups is 2. The highest BCUT2D eigenvalue weighted by Crippen LogP contribution is 2.19. The molecule has 4 rings (SSSR count). The first-order chi connectivity index (χ1) is 15.4. The number of aryl methyl sites for hydroxylation is 2. The van der Waals surface area contributed by atoms with Gasteiger partial charge in [-0.15, -0.1) is 0 Å². The summed E-state index contributed by atoms with van der Waals surface area (Å²) >= 11 is 6.13. The Balaban J connectivity index is 1.56. The molecular formula is C25H23ClN4O2. The summed E-state index contributed by atoms with van der Waals surface area (Å²) in [6.07, 6.45) is 0. The van der Waals surface area contributed by atoms with Crippen LogP contribution in [0.4, 0.5) is 5.69 Å². The minimum absolute atomic E-state index is 0.0746.